The van der Waals surface area contributed by atoms with Crippen LogP contribution in [0.15, 0.2) is 78.8 Å². The second kappa shape index (κ2) is 9.35. The Morgan fingerprint density at radius 3 is 2.15 bits per heavy atom. The van der Waals surface area contributed by atoms with Gasteiger partial charge in [0.2, 0.25) is 5.95 Å². The van der Waals surface area contributed by atoms with Gasteiger partial charge in [0.05, 0.1) is 19.2 Å². The molecule has 2 amide bonds. The molecule has 0 N–H and O–H groups in total. The van der Waals surface area contributed by atoms with Crippen molar-refractivity contribution >= 4 is 23.3 Å². The molecule has 0 spiro atoms. The molecule has 0 unspecified atom stereocenters. The monoisotopic (exact) mass is 455 g/mol. The van der Waals surface area contributed by atoms with Crippen molar-refractivity contribution in [3.63, 3.8) is 0 Å². The first kappa shape index (κ1) is 21.6. The van der Waals surface area contributed by atoms with E-state index in [0.717, 1.165) is 5.56 Å². The molecule has 3 heterocycles. The van der Waals surface area contributed by atoms with Crippen LogP contribution < -0.4 is 9.64 Å². The molecule has 2 aliphatic rings. The zero-order valence-corrected chi connectivity index (χ0v) is 18.9. The quantitative estimate of drug-likeness (QED) is 0.529. The van der Waals surface area contributed by atoms with Crippen molar-refractivity contribution in [1.29, 1.82) is 0 Å². The minimum absolute atomic E-state index is 0.221. The molecular weight excluding hydrogens is 430 g/mol. The maximum atomic E-state index is 13.7. The summed E-state index contributed by atoms with van der Waals surface area (Å²) in [6.45, 7) is 2.66. The van der Waals surface area contributed by atoms with Crippen LogP contribution in [-0.2, 0) is 16.1 Å². The molecule has 8 nitrogen and oxygen atoms in total. The first-order valence-electron chi connectivity index (χ1n) is 11.2. The highest BCUT2D eigenvalue weighted by molar-refractivity contribution is 6.35. The highest BCUT2D eigenvalue weighted by Gasteiger charge is 2.43. The minimum atomic E-state index is -0.304. The van der Waals surface area contributed by atoms with Crippen molar-refractivity contribution in [3.8, 4) is 5.75 Å². The first-order valence-corrected chi connectivity index (χ1v) is 11.2. The van der Waals surface area contributed by atoms with E-state index in [0.29, 0.717) is 54.7 Å². The predicted molar refractivity (Wildman–Crippen MR) is 128 cm³/mol. The van der Waals surface area contributed by atoms with Crippen molar-refractivity contribution in [2.24, 2.45) is 0 Å². The number of aromatic nitrogens is 2. The smallest absolute Gasteiger partial charge is 0.278 e. The minimum Gasteiger partial charge on any atom is -0.496 e. The van der Waals surface area contributed by atoms with E-state index in [9.17, 15) is 9.59 Å². The van der Waals surface area contributed by atoms with Gasteiger partial charge in [0.1, 0.15) is 11.4 Å². The van der Waals surface area contributed by atoms with Crippen molar-refractivity contribution in [3.05, 3.63) is 89.9 Å². The van der Waals surface area contributed by atoms with Crippen LogP contribution in [-0.4, -0.2) is 64.9 Å². The zero-order chi connectivity index (χ0) is 23.5. The normalized spacial score (nSPS) is 16.4. The third-order valence-electron chi connectivity index (χ3n) is 6.13. The van der Waals surface area contributed by atoms with Gasteiger partial charge in [-0.25, -0.2) is 9.97 Å². The molecule has 1 fully saturated rings. The molecular formula is C26H25N5O3. The summed E-state index contributed by atoms with van der Waals surface area (Å²) in [4.78, 5) is 41.4. The fraction of sp³-hybridized carbons (Fsp3) is 0.231. The number of carbonyl (C=O) groups is 2. The number of hydrogen-bond donors (Lipinski definition) is 0. The molecule has 8 heteroatoms. The van der Waals surface area contributed by atoms with Gasteiger partial charge in [0, 0.05) is 44.1 Å². The predicted octanol–water partition coefficient (Wildman–Crippen LogP) is 2.59. The molecule has 172 valence electrons. The van der Waals surface area contributed by atoms with Crippen molar-refractivity contribution in [1.82, 2.24) is 19.8 Å². The molecule has 5 rings (SSSR count). The molecule has 0 bridgehead atoms. The number of ether oxygens (including phenoxy) is 1. The van der Waals surface area contributed by atoms with Crippen LogP contribution in [0.2, 0.25) is 0 Å². The third-order valence-corrected chi connectivity index (χ3v) is 6.13. The Labute approximate surface area is 198 Å². The number of rotatable bonds is 6. The number of anilines is 1. The van der Waals surface area contributed by atoms with Crippen LogP contribution in [0.5, 0.6) is 5.75 Å². The van der Waals surface area contributed by atoms with E-state index >= 15 is 0 Å². The largest absolute Gasteiger partial charge is 0.496 e. The summed E-state index contributed by atoms with van der Waals surface area (Å²) in [7, 11) is 1.57. The van der Waals surface area contributed by atoms with Crippen LogP contribution in [0.3, 0.4) is 0 Å². The van der Waals surface area contributed by atoms with Gasteiger partial charge < -0.3 is 14.5 Å². The summed E-state index contributed by atoms with van der Waals surface area (Å²) < 4.78 is 5.55. The van der Waals surface area contributed by atoms with E-state index in [4.69, 9.17) is 4.74 Å². The van der Waals surface area contributed by atoms with E-state index in [1.165, 1.54) is 4.90 Å². The summed E-state index contributed by atoms with van der Waals surface area (Å²) >= 11 is 0. The highest BCUT2D eigenvalue weighted by atomic mass is 16.5. The number of nitrogens with zero attached hydrogens (tertiary/aromatic N) is 5. The maximum Gasteiger partial charge on any atom is 0.278 e. The summed E-state index contributed by atoms with van der Waals surface area (Å²) in [5, 5.41) is 0. The lowest BCUT2D eigenvalue weighted by Gasteiger charge is -2.36. The first-order chi connectivity index (χ1) is 16.7. The Kier molecular flexibility index (Phi) is 5.95. The molecule has 34 heavy (non-hydrogen) atoms. The van der Waals surface area contributed by atoms with Gasteiger partial charge in [-0.3, -0.25) is 14.5 Å². The van der Waals surface area contributed by atoms with E-state index in [2.05, 4.69) is 14.9 Å². The Hall–Kier alpha value is -4.20. The average Bonchev–Trinajstić information content (AvgIpc) is 3.14. The van der Waals surface area contributed by atoms with Crippen molar-refractivity contribution in [2.45, 2.75) is 6.54 Å². The summed E-state index contributed by atoms with van der Waals surface area (Å²) in [5.41, 5.74) is 2.35. The number of amides is 2. The number of imide groups is 1. The second-order valence-corrected chi connectivity index (χ2v) is 8.13. The average molecular weight is 456 g/mol. The Balaban J connectivity index is 1.49. The van der Waals surface area contributed by atoms with Gasteiger partial charge in [-0.2, -0.15) is 0 Å². The van der Waals surface area contributed by atoms with Gasteiger partial charge >= 0.3 is 0 Å². The fourth-order valence-electron chi connectivity index (χ4n) is 4.44. The Bertz CT molecular complexity index is 1220. The summed E-state index contributed by atoms with van der Waals surface area (Å²) in [6, 6.07) is 18.7. The van der Waals surface area contributed by atoms with E-state index < -0.39 is 0 Å². The maximum absolute atomic E-state index is 13.7. The fourth-order valence-corrected chi connectivity index (χ4v) is 4.44. The second-order valence-electron chi connectivity index (χ2n) is 8.13. The lowest BCUT2D eigenvalue weighted by molar-refractivity contribution is -0.138. The number of hydrogen-bond acceptors (Lipinski definition) is 7. The number of piperazine rings is 1. The van der Waals surface area contributed by atoms with Gasteiger partial charge in [-0.15, -0.1) is 0 Å². The molecule has 0 saturated carbocycles. The Morgan fingerprint density at radius 1 is 0.794 bits per heavy atom. The van der Waals surface area contributed by atoms with Crippen LogP contribution in [0.1, 0.15) is 11.1 Å². The SMILES string of the molecule is COc1ccccc1C1=C(N2CCN(c3ncccn3)CC2)C(=O)N(Cc2ccccc2)C1=O. The zero-order valence-electron chi connectivity index (χ0n) is 18.9. The van der Waals surface area contributed by atoms with Crippen LogP contribution in [0.4, 0.5) is 5.95 Å². The van der Waals surface area contributed by atoms with Crippen LogP contribution in [0, 0.1) is 0 Å². The number of benzene rings is 2. The topological polar surface area (TPSA) is 78.9 Å². The Morgan fingerprint density at radius 2 is 1.44 bits per heavy atom. The number of para-hydroxylation sites is 1. The molecule has 0 radical (unpaired) electrons. The highest BCUT2D eigenvalue weighted by Crippen LogP contribution is 2.37. The van der Waals surface area contributed by atoms with Crippen molar-refractivity contribution in [2.75, 3.05) is 38.2 Å². The molecule has 0 atom stereocenters. The third kappa shape index (κ3) is 3.98. The lowest BCUT2D eigenvalue weighted by Crippen LogP contribution is -2.48. The van der Waals surface area contributed by atoms with Crippen molar-refractivity contribution < 1.29 is 14.3 Å². The summed E-state index contributed by atoms with van der Waals surface area (Å²) in [6.07, 6.45) is 3.44. The number of methoxy groups -OCH3 is 1. The van der Waals surface area contributed by atoms with E-state index in [1.807, 2.05) is 59.5 Å². The molecule has 3 aromatic rings. The van der Waals surface area contributed by atoms with E-state index in [1.54, 1.807) is 25.6 Å². The lowest BCUT2D eigenvalue weighted by atomic mass is 10.0. The van der Waals surface area contributed by atoms with Gasteiger partial charge in [0.25, 0.3) is 11.8 Å². The standard InChI is InChI=1S/C26H25N5O3/c1-34-21-11-6-5-10-20(21)22-23(25(33)31(24(22)32)18-19-8-3-2-4-9-19)29-14-16-30(17-15-29)26-27-12-7-13-28-26/h2-13H,14-18H2,1H3. The van der Waals surface area contributed by atoms with Gasteiger partial charge in [-0.05, 0) is 17.7 Å². The molecule has 2 aromatic carbocycles. The number of carbonyl (C=O) groups excluding carboxylic acids is 2. The van der Waals surface area contributed by atoms with Gasteiger partial charge in [-0.1, -0.05) is 48.5 Å². The van der Waals surface area contributed by atoms with Crippen LogP contribution in [0.25, 0.3) is 5.57 Å². The van der Waals surface area contributed by atoms with Crippen LogP contribution >= 0.6 is 0 Å². The van der Waals surface area contributed by atoms with E-state index in [-0.39, 0.29) is 18.4 Å². The molecule has 0 aliphatic carbocycles. The van der Waals surface area contributed by atoms with Gasteiger partial charge in [0.15, 0.2) is 0 Å². The molecule has 1 saturated heterocycles. The molecule has 2 aliphatic heterocycles. The molecule has 1 aromatic heterocycles. The summed E-state index contributed by atoms with van der Waals surface area (Å²) in [5.74, 6) is 0.649.